The predicted molar refractivity (Wildman–Crippen MR) is 66.0 cm³/mol. The Bertz CT molecular complexity index is 510. The van der Waals surface area contributed by atoms with Crippen LogP contribution in [0.1, 0.15) is 24.1 Å². The van der Waals surface area contributed by atoms with Gasteiger partial charge in [0.1, 0.15) is 6.54 Å². The van der Waals surface area contributed by atoms with Crippen molar-refractivity contribution >= 4 is 5.91 Å². The van der Waals surface area contributed by atoms with Crippen molar-refractivity contribution in [2.75, 3.05) is 20.1 Å². The van der Waals surface area contributed by atoms with Gasteiger partial charge in [-0.2, -0.15) is 13.2 Å². The first kappa shape index (κ1) is 14.8. The van der Waals surface area contributed by atoms with Crippen LogP contribution in [-0.4, -0.2) is 40.5 Å². The number of alkyl halides is 3. The Labute approximate surface area is 114 Å². The molecule has 0 radical (unpaired) electrons. The SMILES string of the molecule is CCN(C)C(=O)Cn1c(C(F)(F)F)nc2c1CCNC2. The van der Waals surface area contributed by atoms with Gasteiger partial charge in [0.2, 0.25) is 11.7 Å². The Kier molecular flexibility index (Phi) is 4.03. The minimum atomic E-state index is -4.55. The highest BCUT2D eigenvalue weighted by atomic mass is 19.4. The summed E-state index contributed by atoms with van der Waals surface area (Å²) in [6, 6.07) is 0. The van der Waals surface area contributed by atoms with E-state index in [1.165, 1.54) is 4.90 Å². The van der Waals surface area contributed by atoms with E-state index in [9.17, 15) is 18.0 Å². The van der Waals surface area contributed by atoms with Crippen molar-refractivity contribution < 1.29 is 18.0 Å². The van der Waals surface area contributed by atoms with Gasteiger partial charge in [0.25, 0.3) is 0 Å². The molecule has 0 spiro atoms. The Morgan fingerprint density at radius 2 is 2.20 bits per heavy atom. The molecule has 20 heavy (non-hydrogen) atoms. The zero-order valence-electron chi connectivity index (χ0n) is 11.4. The molecular weight excluding hydrogens is 273 g/mol. The maximum atomic E-state index is 13.0. The van der Waals surface area contributed by atoms with E-state index in [0.717, 1.165) is 4.57 Å². The number of hydrogen-bond donors (Lipinski definition) is 1. The molecule has 1 aliphatic rings. The molecular formula is C12H17F3N4O. The van der Waals surface area contributed by atoms with Gasteiger partial charge >= 0.3 is 6.18 Å². The van der Waals surface area contributed by atoms with E-state index < -0.39 is 12.0 Å². The lowest BCUT2D eigenvalue weighted by Crippen LogP contribution is -2.33. The van der Waals surface area contributed by atoms with Crippen molar-refractivity contribution in [3.05, 3.63) is 17.2 Å². The van der Waals surface area contributed by atoms with Crippen molar-refractivity contribution in [2.24, 2.45) is 0 Å². The average Bonchev–Trinajstić information content (AvgIpc) is 2.77. The number of nitrogens with zero attached hydrogens (tertiary/aromatic N) is 3. The standard InChI is InChI=1S/C12H17F3N4O/c1-3-18(2)10(20)7-19-9-4-5-16-6-8(9)17-11(19)12(13,14)15/h16H,3-7H2,1-2H3. The summed E-state index contributed by atoms with van der Waals surface area (Å²) >= 11 is 0. The van der Waals surface area contributed by atoms with Gasteiger partial charge in [-0.1, -0.05) is 0 Å². The third-order valence-corrected chi connectivity index (χ3v) is 3.43. The third-order valence-electron chi connectivity index (χ3n) is 3.43. The van der Waals surface area contributed by atoms with Gasteiger partial charge in [0.15, 0.2) is 0 Å². The first-order valence-corrected chi connectivity index (χ1v) is 6.44. The Hall–Kier alpha value is -1.57. The van der Waals surface area contributed by atoms with Crippen LogP contribution >= 0.6 is 0 Å². The predicted octanol–water partition coefficient (Wildman–Crippen LogP) is 1.03. The van der Waals surface area contributed by atoms with E-state index >= 15 is 0 Å². The van der Waals surface area contributed by atoms with Gasteiger partial charge < -0.3 is 14.8 Å². The molecule has 1 N–H and O–H groups in total. The molecule has 0 bridgehead atoms. The maximum Gasteiger partial charge on any atom is 0.449 e. The first-order chi connectivity index (χ1) is 9.34. The second-order valence-electron chi connectivity index (χ2n) is 4.75. The van der Waals surface area contributed by atoms with Gasteiger partial charge in [-0.05, 0) is 6.92 Å². The summed E-state index contributed by atoms with van der Waals surface area (Å²) in [7, 11) is 1.57. The zero-order valence-corrected chi connectivity index (χ0v) is 11.4. The number of carbonyl (C=O) groups is 1. The van der Waals surface area contributed by atoms with Crippen LogP contribution in [0.4, 0.5) is 13.2 Å². The minimum absolute atomic E-state index is 0.309. The number of nitrogens with one attached hydrogen (secondary N) is 1. The smallest absolute Gasteiger partial charge is 0.344 e. The number of carbonyl (C=O) groups excluding carboxylic acids is 1. The fourth-order valence-electron chi connectivity index (χ4n) is 2.19. The van der Waals surface area contributed by atoms with Crippen LogP contribution in [-0.2, 0) is 30.5 Å². The molecule has 2 rings (SSSR count). The van der Waals surface area contributed by atoms with Gasteiger partial charge in [-0.15, -0.1) is 0 Å². The highest BCUT2D eigenvalue weighted by molar-refractivity contribution is 5.75. The van der Waals surface area contributed by atoms with Crippen LogP contribution in [0.25, 0.3) is 0 Å². The summed E-state index contributed by atoms with van der Waals surface area (Å²) in [6.07, 6.45) is -4.11. The summed E-state index contributed by atoms with van der Waals surface area (Å²) in [6.45, 7) is 2.81. The zero-order chi connectivity index (χ0) is 14.9. The Balaban J connectivity index is 2.39. The molecule has 0 unspecified atom stereocenters. The van der Waals surface area contributed by atoms with Crippen LogP contribution in [0, 0.1) is 0 Å². The normalized spacial score (nSPS) is 15.1. The number of amides is 1. The molecule has 1 aromatic rings. The quantitative estimate of drug-likeness (QED) is 0.904. The number of hydrogen-bond acceptors (Lipinski definition) is 3. The highest BCUT2D eigenvalue weighted by Crippen LogP contribution is 2.31. The Morgan fingerprint density at radius 1 is 1.50 bits per heavy atom. The van der Waals surface area contributed by atoms with Gasteiger partial charge in [-0.25, -0.2) is 4.98 Å². The van der Waals surface area contributed by atoms with E-state index in [0.29, 0.717) is 37.4 Å². The lowest BCUT2D eigenvalue weighted by Gasteiger charge is -2.19. The summed E-state index contributed by atoms with van der Waals surface area (Å²) in [5, 5.41) is 2.98. The van der Waals surface area contributed by atoms with Crippen molar-refractivity contribution in [3.8, 4) is 0 Å². The fourth-order valence-corrected chi connectivity index (χ4v) is 2.19. The molecule has 0 aromatic carbocycles. The number of likely N-dealkylation sites (N-methyl/N-ethyl adjacent to an activating group) is 1. The number of aromatic nitrogens is 2. The van der Waals surface area contributed by atoms with Crippen LogP contribution < -0.4 is 5.32 Å². The number of imidazole rings is 1. The van der Waals surface area contributed by atoms with Crippen LogP contribution in [0.2, 0.25) is 0 Å². The molecule has 0 saturated heterocycles. The van der Waals surface area contributed by atoms with E-state index in [4.69, 9.17) is 0 Å². The molecule has 1 aliphatic heterocycles. The third kappa shape index (κ3) is 2.79. The topological polar surface area (TPSA) is 50.2 Å². The molecule has 1 aromatic heterocycles. The molecule has 2 heterocycles. The molecule has 0 aliphatic carbocycles. The van der Waals surface area contributed by atoms with E-state index in [1.807, 2.05) is 0 Å². The number of fused-ring (bicyclic) bond motifs is 1. The molecule has 0 atom stereocenters. The largest absolute Gasteiger partial charge is 0.449 e. The van der Waals surface area contributed by atoms with Gasteiger partial charge in [0, 0.05) is 38.8 Å². The fraction of sp³-hybridized carbons (Fsp3) is 0.667. The van der Waals surface area contributed by atoms with E-state index in [2.05, 4.69) is 10.3 Å². The summed E-state index contributed by atoms with van der Waals surface area (Å²) in [5.41, 5.74) is 0.893. The minimum Gasteiger partial charge on any atom is -0.344 e. The van der Waals surface area contributed by atoms with Crippen molar-refractivity contribution in [2.45, 2.75) is 32.6 Å². The summed E-state index contributed by atoms with van der Waals surface area (Å²) < 4.78 is 40.1. The highest BCUT2D eigenvalue weighted by Gasteiger charge is 2.39. The van der Waals surface area contributed by atoms with Crippen molar-refractivity contribution in [1.82, 2.24) is 19.8 Å². The van der Waals surface area contributed by atoms with Gasteiger partial charge in [-0.3, -0.25) is 4.79 Å². The molecule has 5 nitrogen and oxygen atoms in total. The molecule has 1 amide bonds. The number of halogens is 3. The molecule has 112 valence electrons. The van der Waals surface area contributed by atoms with Crippen molar-refractivity contribution in [3.63, 3.8) is 0 Å². The summed E-state index contributed by atoms with van der Waals surface area (Å²) in [4.78, 5) is 17.0. The monoisotopic (exact) mass is 290 g/mol. The van der Waals surface area contributed by atoms with Crippen LogP contribution in [0.5, 0.6) is 0 Å². The number of rotatable bonds is 3. The molecule has 8 heteroatoms. The molecule has 0 saturated carbocycles. The Morgan fingerprint density at radius 3 is 2.80 bits per heavy atom. The van der Waals surface area contributed by atoms with Crippen LogP contribution in [0.3, 0.4) is 0 Å². The first-order valence-electron chi connectivity index (χ1n) is 6.44. The van der Waals surface area contributed by atoms with Gasteiger partial charge in [0.05, 0.1) is 5.69 Å². The van der Waals surface area contributed by atoms with E-state index in [-0.39, 0.29) is 12.5 Å². The second-order valence-corrected chi connectivity index (χ2v) is 4.75. The van der Waals surface area contributed by atoms with E-state index in [1.54, 1.807) is 14.0 Å². The lowest BCUT2D eigenvalue weighted by atomic mass is 10.2. The average molecular weight is 290 g/mol. The van der Waals surface area contributed by atoms with Crippen LogP contribution in [0.15, 0.2) is 0 Å². The maximum absolute atomic E-state index is 13.0. The molecule has 0 fully saturated rings. The van der Waals surface area contributed by atoms with Crippen molar-refractivity contribution in [1.29, 1.82) is 0 Å². The summed E-state index contributed by atoms with van der Waals surface area (Å²) in [5.74, 6) is -1.33. The second kappa shape index (κ2) is 5.43. The lowest BCUT2D eigenvalue weighted by molar-refractivity contribution is -0.148.